The van der Waals surface area contributed by atoms with Gasteiger partial charge in [0.25, 0.3) is 0 Å². The summed E-state index contributed by atoms with van der Waals surface area (Å²) < 4.78 is 5.03. The summed E-state index contributed by atoms with van der Waals surface area (Å²) >= 11 is 0. The van der Waals surface area contributed by atoms with E-state index in [-0.39, 0.29) is 12.2 Å². The van der Waals surface area contributed by atoms with Crippen molar-refractivity contribution in [3.05, 3.63) is 23.8 Å². The molecule has 0 aliphatic carbocycles. The van der Waals surface area contributed by atoms with Crippen LogP contribution in [0.15, 0.2) is 18.2 Å². The van der Waals surface area contributed by atoms with Crippen molar-refractivity contribution < 1.29 is 19.7 Å². The van der Waals surface area contributed by atoms with Gasteiger partial charge >= 0.3 is 5.97 Å². The minimum atomic E-state index is -0.732. The lowest BCUT2D eigenvalue weighted by Gasteiger charge is -2.08. The van der Waals surface area contributed by atoms with Crippen LogP contribution in [-0.2, 0) is 11.3 Å². The van der Waals surface area contributed by atoms with Crippen LogP contribution in [0.4, 0.5) is 0 Å². The van der Waals surface area contributed by atoms with E-state index in [4.69, 9.17) is 9.84 Å². The lowest BCUT2D eigenvalue weighted by Crippen LogP contribution is -2.14. The Morgan fingerprint density at radius 2 is 2.11 bits per heavy atom. The summed E-state index contributed by atoms with van der Waals surface area (Å²) in [6.07, 6.45) is 2.85. The SMILES string of the molecule is COc1cc(CNCCCCCC(=O)O)ccc1O. The Morgan fingerprint density at radius 3 is 2.79 bits per heavy atom. The summed E-state index contributed by atoms with van der Waals surface area (Å²) in [4.78, 5) is 10.3. The number of hydrogen-bond acceptors (Lipinski definition) is 4. The minimum absolute atomic E-state index is 0.139. The Hall–Kier alpha value is -1.75. The second-order valence-corrected chi connectivity index (χ2v) is 4.39. The van der Waals surface area contributed by atoms with Crippen molar-refractivity contribution in [3.8, 4) is 11.5 Å². The molecule has 106 valence electrons. The van der Waals surface area contributed by atoms with Crippen LogP contribution in [0.25, 0.3) is 0 Å². The molecule has 1 aromatic carbocycles. The van der Waals surface area contributed by atoms with Crippen LogP contribution in [0.1, 0.15) is 31.2 Å². The van der Waals surface area contributed by atoms with Crippen LogP contribution in [0.3, 0.4) is 0 Å². The lowest BCUT2D eigenvalue weighted by molar-refractivity contribution is -0.137. The van der Waals surface area contributed by atoms with Crippen molar-refractivity contribution in [2.45, 2.75) is 32.2 Å². The average Bonchev–Trinajstić information content (AvgIpc) is 2.39. The quantitative estimate of drug-likeness (QED) is 0.597. The van der Waals surface area contributed by atoms with Gasteiger partial charge in [-0.1, -0.05) is 12.5 Å². The number of carboxylic acids is 1. The summed E-state index contributed by atoms with van der Waals surface area (Å²) in [6.45, 7) is 1.55. The molecule has 0 aliphatic heterocycles. The van der Waals surface area contributed by atoms with Crippen LogP contribution in [0.5, 0.6) is 11.5 Å². The fraction of sp³-hybridized carbons (Fsp3) is 0.500. The molecule has 19 heavy (non-hydrogen) atoms. The number of nitrogens with one attached hydrogen (secondary N) is 1. The van der Waals surface area contributed by atoms with Crippen molar-refractivity contribution in [2.24, 2.45) is 0 Å². The third-order valence-corrected chi connectivity index (χ3v) is 2.82. The Kier molecular flexibility index (Phi) is 6.74. The number of ether oxygens (including phenoxy) is 1. The first kappa shape index (κ1) is 15.3. The summed E-state index contributed by atoms with van der Waals surface area (Å²) in [5.41, 5.74) is 1.04. The molecule has 0 amide bonds. The second-order valence-electron chi connectivity index (χ2n) is 4.39. The van der Waals surface area contributed by atoms with Gasteiger partial charge in [-0.25, -0.2) is 0 Å². The number of phenols is 1. The monoisotopic (exact) mass is 267 g/mol. The zero-order chi connectivity index (χ0) is 14.1. The number of carboxylic acid groups (broad SMARTS) is 1. The number of hydrogen-bond donors (Lipinski definition) is 3. The summed E-state index contributed by atoms with van der Waals surface area (Å²) in [7, 11) is 1.52. The average molecular weight is 267 g/mol. The Balaban J connectivity index is 2.17. The predicted molar refractivity (Wildman–Crippen MR) is 72.5 cm³/mol. The van der Waals surface area contributed by atoms with Gasteiger partial charge in [-0.15, -0.1) is 0 Å². The fourth-order valence-electron chi connectivity index (χ4n) is 1.77. The van der Waals surface area contributed by atoms with Crippen LogP contribution in [-0.4, -0.2) is 29.8 Å². The van der Waals surface area contributed by atoms with Gasteiger partial charge in [0.1, 0.15) is 0 Å². The molecule has 0 fully saturated rings. The normalized spacial score (nSPS) is 10.4. The molecule has 0 aliphatic rings. The molecular formula is C14H21NO4. The third-order valence-electron chi connectivity index (χ3n) is 2.82. The highest BCUT2D eigenvalue weighted by molar-refractivity contribution is 5.66. The van der Waals surface area contributed by atoms with Gasteiger partial charge in [0.15, 0.2) is 11.5 Å². The Morgan fingerprint density at radius 1 is 1.32 bits per heavy atom. The first-order chi connectivity index (χ1) is 9.13. The third kappa shape index (κ3) is 6.10. The summed E-state index contributed by atoms with van der Waals surface area (Å²) in [5.74, 6) is -0.121. The van der Waals surface area contributed by atoms with Crippen LogP contribution < -0.4 is 10.1 Å². The molecule has 5 nitrogen and oxygen atoms in total. The fourth-order valence-corrected chi connectivity index (χ4v) is 1.77. The molecule has 0 aromatic heterocycles. The van der Waals surface area contributed by atoms with Gasteiger partial charge < -0.3 is 20.3 Å². The number of methoxy groups -OCH3 is 1. The number of benzene rings is 1. The maximum absolute atomic E-state index is 10.3. The highest BCUT2D eigenvalue weighted by Crippen LogP contribution is 2.26. The first-order valence-electron chi connectivity index (χ1n) is 6.42. The van der Waals surface area contributed by atoms with Gasteiger partial charge in [-0.2, -0.15) is 0 Å². The topological polar surface area (TPSA) is 78.8 Å². The first-order valence-corrected chi connectivity index (χ1v) is 6.42. The number of phenolic OH excluding ortho intramolecular Hbond substituents is 1. The molecule has 0 bridgehead atoms. The van der Waals surface area contributed by atoms with Gasteiger partial charge in [0.05, 0.1) is 7.11 Å². The van der Waals surface area contributed by atoms with E-state index in [2.05, 4.69) is 5.32 Å². The van der Waals surface area contributed by atoms with E-state index in [1.165, 1.54) is 7.11 Å². The van der Waals surface area contributed by atoms with E-state index in [1.807, 2.05) is 6.07 Å². The molecule has 1 rings (SSSR count). The van der Waals surface area contributed by atoms with Crippen molar-refractivity contribution in [3.63, 3.8) is 0 Å². The molecule has 0 saturated heterocycles. The second kappa shape index (κ2) is 8.37. The minimum Gasteiger partial charge on any atom is -0.504 e. The van der Waals surface area contributed by atoms with Crippen LogP contribution in [0, 0.1) is 0 Å². The number of carbonyl (C=O) groups is 1. The highest BCUT2D eigenvalue weighted by atomic mass is 16.5. The maximum Gasteiger partial charge on any atom is 0.303 e. The van der Waals surface area contributed by atoms with Gasteiger partial charge in [-0.3, -0.25) is 4.79 Å². The van der Waals surface area contributed by atoms with E-state index in [1.54, 1.807) is 12.1 Å². The zero-order valence-corrected chi connectivity index (χ0v) is 11.2. The molecule has 0 heterocycles. The van der Waals surface area contributed by atoms with E-state index in [0.29, 0.717) is 12.3 Å². The molecular weight excluding hydrogens is 246 g/mol. The largest absolute Gasteiger partial charge is 0.504 e. The van der Waals surface area contributed by atoms with Crippen molar-refractivity contribution in [1.82, 2.24) is 5.32 Å². The summed E-state index contributed by atoms with van der Waals surface area (Å²) in [6, 6.07) is 5.25. The molecule has 5 heteroatoms. The Bertz CT molecular complexity index is 406. The zero-order valence-electron chi connectivity index (χ0n) is 11.2. The standard InChI is InChI=1S/C14H21NO4/c1-19-13-9-11(6-7-12(13)16)10-15-8-4-2-3-5-14(17)18/h6-7,9,15-16H,2-5,8,10H2,1H3,(H,17,18). The van der Waals surface area contributed by atoms with Crippen LogP contribution in [0.2, 0.25) is 0 Å². The van der Waals surface area contributed by atoms with Crippen molar-refractivity contribution >= 4 is 5.97 Å². The predicted octanol–water partition coefficient (Wildman–Crippen LogP) is 2.14. The summed E-state index contributed by atoms with van der Waals surface area (Å²) in [5, 5.41) is 21.2. The molecule has 0 radical (unpaired) electrons. The number of rotatable bonds is 9. The van der Waals surface area contributed by atoms with Crippen LogP contribution >= 0.6 is 0 Å². The molecule has 0 saturated carbocycles. The van der Waals surface area contributed by atoms with E-state index in [9.17, 15) is 9.90 Å². The van der Waals surface area contributed by atoms with Gasteiger partial charge in [0, 0.05) is 13.0 Å². The van der Waals surface area contributed by atoms with Crippen molar-refractivity contribution in [2.75, 3.05) is 13.7 Å². The van der Waals surface area contributed by atoms with E-state index < -0.39 is 5.97 Å². The Labute approximate surface area is 113 Å². The lowest BCUT2D eigenvalue weighted by atomic mass is 10.2. The van der Waals surface area contributed by atoms with Crippen molar-refractivity contribution in [1.29, 1.82) is 0 Å². The van der Waals surface area contributed by atoms with Gasteiger partial charge in [0.2, 0.25) is 0 Å². The molecule has 0 unspecified atom stereocenters. The maximum atomic E-state index is 10.3. The molecule has 3 N–H and O–H groups in total. The highest BCUT2D eigenvalue weighted by Gasteiger charge is 2.02. The smallest absolute Gasteiger partial charge is 0.303 e. The molecule has 0 spiro atoms. The number of aromatic hydroxyl groups is 1. The van der Waals surface area contributed by atoms with Gasteiger partial charge in [-0.05, 0) is 37.1 Å². The number of aliphatic carboxylic acids is 1. The number of unbranched alkanes of at least 4 members (excludes halogenated alkanes) is 2. The van der Waals surface area contributed by atoms with E-state index >= 15 is 0 Å². The molecule has 1 aromatic rings. The van der Waals surface area contributed by atoms with E-state index in [0.717, 1.165) is 31.4 Å². The molecule has 0 atom stereocenters.